The maximum Gasteiger partial charge on any atom is 0.303 e. The zero-order valence-electron chi connectivity index (χ0n) is 21.8. The summed E-state index contributed by atoms with van der Waals surface area (Å²) >= 11 is 0. The van der Waals surface area contributed by atoms with Crippen molar-refractivity contribution in [3.8, 4) is 0 Å². The lowest BCUT2D eigenvalue weighted by molar-refractivity contribution is -0.252. The van der Waals surface area contributed by atoms with E-state index in [2.05, 4.69) is 0 Å². The van der Waals surface area contributed by atoms with E-state index in [4.69, 9.17) is 14.2 Å². The molecular formula is C26H40O9. The molecule has 0 spiro atoms. The van der Waals surface area contributed by atoms with Crippen LogP contribution in [-0.4, -0.2) is 69.9 Å². The molecule has 0 saturated heterocycles. The topological polar surface area (TPSA) is 140 Å². The Labute approximate surface area is 206 Å². The third-order valence-corrected chi connectivity index (χ3v) is 8.57. The normalized spacial score (nSPS) is 40.6. The van der Waals surface area contributed by atoms with Crippen molar-refractivity contribution in [2.75, 3.05) is 6.61 Å². The van der Waals surface area contributed by atoms with E-state index in [-0.39, 0.29) is 6.42 Å². The Morgan fingerprint density at radius 2 is 1.60 bits per heavy atom. The lowest BCUT2D eigenvalue weighted by Crippen LogP contribution is -2.69. The van der Waals surface area contributed by atoms with Crippen LogP contribution < -0.4 is 0 Å². The van der Waals surface area contributed by atoms with Gasteiger partial charge in [0.25, 0.3) is 0 Å². The first-order valence-corrected chi connectivity index (χ1v) is 12.3. The lowest BCUT2D eigenvalue weighted by atomic mass is 9.48. The van der Waals surface area contributed by atoms with Crippen LogP contribution in [-0.2, 0) is 28.6 Å². The highest BCUT2D eigenvalue weighted by atomic mass is 16.6. The number of ether oxygens (including phenoxy) is 3. The molecule has 0 aromatic carbocycles. The van der Waals surface area contributed by atoms with Gasteiger partial charge in [-0.3, -0.25) is 14.4 Å². The summed E-state index contributed by atoms with van der Waals surface area (Å²) in [5.74, 6) is -3.19. The number of hydrogen-bond donors (Lipinski definition) is 3. The number of esters is 3. The van der Waals surface area contributed by atoms with Crippen LogP contribution in [0.2, 0.25) is 0 Å². The Kier molecular flexibility index (Phi) is 7.48. The maximum atomic E-state index is 12.2. The summed E-state index contributed by atoms with van der Waals surface area (Å²) in [6.07, 6.45) is -2.50. The number of aliphatic hydroxyl groups is 3. The summed E-state index contributed by atoms with van der Waals surface area (Å²) in [5, 5.41) is 34.9. The fourth-order valence-corrected chi connectivity index (χ4v) is 7.45. The Hall–Kier alpha value is -1.97. The molecule has 2 saturated carbocycles. The molecule has 3 aliphatic carbocycles. The summed E-state index contributed by atoms with van der Waals surface area (Å²) in [4.78, 5) is 35.8. The summed E-state index contributed by atoms with van der Waals surface area (Å²) in [7, 11) is 0. The molecular weight excluding hydrogens is 456 g/mol. The van der Waals surface area contributed by atoms with Crippen LogP contribution in [0.4, 0.5) is 0 Å². The highest BCUT2D eigenvalue weighted by molar-refractivity contribution is 5.67. The zero-order chi connectivity index (χ0) is 26.5. The molecule has 35 heavy (non-hydrogen) atoms. The number of carbonyl (C=O) groups excluding carboxylic acids is 3. The van der Waals surface area contributed by atoms with Crippen molar-refractivity contribution >= 4 is 17.9 Å². The van der Waals surface area contributed by atoms with Crippen LogP contribution in [0.5, 0.6) is 0 Å². The van der Waals surface area contributed by atoms with Crippen LogP contribution in [0, 0.1) is 22.7 Å². The van der Waals surface area contributed by atoms with Gasteiger partial charge in [0, 0.05) is 39.0 Å². The fraction of sp³-hybridized carbons (Fsp3) is 0.808. The van der Waals surface area contributed by atoms with Crippen molar-refractivity contribution < 1.29 is 43.9 Å². The van der Waals surface area contributed by atoms with Crippen LogP contribution in [0.15, 0.2) is 11.1 Å². The van der Waals surface area contributed by atoms with E-state index >= 15 is 0 Å². The molecule has 0 aliphatic heterocycles. The van der Waals surface area contributed by atoms with Crippen LogP contribution >= 0.6 is 0 Å². The van der Waals surface area contributed by atoms with Crippen LogP contribution in [0.25, 0.3) is 0 Å². The molecule has 9 nitrogen and oxygen atoms in total. The number of rotatable bonds is 4. The molecule has 3 aliphatic rings. The average Bonchev–Trinajstić information content (AvgIpc) is 2.67. The van der Waals surface area contributed by atoms with Gasteiger partial charge >= 0.3 is 17.9 Å². The highest BCUT2D eigenvalue weighted by Crippen LogP contribution is 2.60. The predicted octanol–water partition coefficient (Wildman–Crippen LogP) is 2.05. The van der Waals surface area contributed by atoms with Gasteiger partial charge in [-0.05, 0) is 42.6 Å². The largest absolute Gasteiger partial charge is 0.463 e. The molecule has 9 heteroatoms. The first kappa shape index (κ1) is 27.6. The van der Waals surface area contributed by atoms with E-state index in [1.807, 2.05) is 27.7 Å². The van der Waals surface area contributed by atoms with Crippen molar-refractivity contribution in [1.29, 1.82) is 0 Å². The van der Waals surface area contributed by atoms with Gasteiger partial charge in [0.2, 0.25) is 0 Å². The van der Waals surface area contributed by atoms with Gasteiger partial charge in [-0.15, -0.1) is 0 Å². The minimum atomic E-state index is -1.95. The molecule has 2 fully saturated rings. The Bertz CT molecular complexity index is 908. The van der Waals surface area contributed by atoms with E-state index in [9.17, 15) is 29.7 Å². The second kappa shape index (κ2) is 9.48. The molecule has 198 valence electrons. The zero-order valence-corrected chi connectivity index (χ0v) is 21.8. The quantitative estimate of drug-likeness (QED) is 0.303. The molecule has 0 aromatic rings. The standard InChI is InChI=1S/C26H40O9/c1-13-10-17(34-15(3)28)21-22(31)23-25(7,9-8-19(30)26(23,32)12-33-14(2)27)11-18(35-16(4)29)20(13)24(21,5)6/h17-19,21-23,30-32H,8-12H2,1-7H3/t17-,18-,19-,21-,22+,23-,25-,26-/m0/s1. The third kappa shape index (κ3) is 4.87. The third-order valence-electron chi connectivity index (χ3n) is 8.57. The van der Waals surface area contributed by atoms with Gasteiger partial charge < -0.3 is 29.5 Å². The van der Waals surface area contributed by atoms with Gasteiger partial charge in [-0.25, -0.2) is 0 Å². The minimum absolute atomic E-state index is 0.212. The second-order valence-electron chi connectivity index (χ2n) is 11.5. The number of carbonyl (C=O) groups is 3. The smallest absolute Gasteiger partial charge is 0.303 e. The molecule has 0 unspecified atom stereocenters. The minimum Gasteiger partial charge on any atom is -0.463 e. The van der Waals surface area contributed by atoms with Gasteiger partial charge in [0.15, 0.2) is 0 Å². The van der Waals surface area contributed by atoms with Crippen molar-refractivity contribution in [3.05, 3.63) is 11.1 Å². The van der Waals surface area contributed by atoms with Crippen molar-refractivity contribution in [1.82, 2.24) is 0 Å². The summed E-state index contributed by atoms with van der Waals surface area (Å²) in [6, 6.07) is 0. The first-order valence-electron chi connectivity index (χ1n) is 12.3. The van der Waals surface area contributed by atoms with Gasteiger partial charge in [0.1, 0.15) is 24.4 Å². The molecule has 3 N–H and O–H groups in total. The van der Waals surface area contributed by atoms with E-state index in [1.54, 1.807) is 0 Å². The Balaban J connectivity index is 2.25. The maximum absolute atomic E-state index is 12.2. The van der Waals surface area contributed by atoms with Crippen molar-refractivity contribution in [3.63, 3.8) is 0 Å². The summed E-state index contributed by atoms with van der Waals surface area (Å²) in [5.41, 5.74) is -1.72. The number of aliphatic hydroxyl groups excluding tert-OH is 2. The van der Waals surface area contributed by atoms with Crippen molar-refractivity contribution in [2.45, 2.75) is 104 Å². The molecule has 2 bridgehead atoms. The number of hydrogen-bond acceptors (Lipinski definition) is 9. The van der Waals surface area contributed by atoms with E-state index in [0.717, 1.165) is 11.1 Å². The Morgan fingerprint density at radius 1 is 1.00 bits per heavy atom. The lowest BCUT2D eigenvalue weighted by Gasteiger charge is -2.61. The second-order valence-corrected chi connectivity index (χ2v) is 11.5. The van der Waals surface area contributed by atoms with Crippen LogP contribution in [0.3, 0.4) is 0 Å². The van der Waals surface area contributed by atoms with Gasteiger partial charge in [-0.2, -0.15) is 0 Å². The summed E-state index contributed by atoms with van der Waals surface area (Å²) < 4.78 is 16.7. The number of fused-ring (bicyclic) bond motifs is 3. The summed E-state index contributed by atoms with van der Waals surface area (Å²) in [6.45, 7) is 11.0. The van der Waals surface area contributed by atoms with Crippen molar-refractivity contribution in [2.24, 2.45) is 22.7 Å². The highest BCUT2D eigenvalue weighted by Gasteiger charge is 2.65. The van der Waals surface area contributed by atoms with Crippen LogP contribution in [0.1, 0.15) is 74.1 Å². The fourth-order valence-electron chi connectivity index (χ4n) is 7.45. The average molecular weight is 497 g/mol. The van der Waals surface area contributed by atoms with Gasteiger partial charge in [-0.1, -0.05) is 26.3 Å². The molecule has 3 rings (SSSR count). The monoisotopic (exact) mass is 496 g/mol. The van der Waals surface area contributed by atoms with E-state index in [0.29, 0.717) is 19.3 Å². The molecule has 0 aromatic heterocycles. The molecule has 0 heterocycles. The van der Waals surface area contributed by atoms with E-state index in [1.165, 1.54) is 20.8 Å². The predicted molar refractivity (Wildman–Crippen MR) is 125 cm³/mol. The molecule has 0 radical (unpaired) electrons. The molecule has 8 atom stereocenters. The van der Waals surface area contributed by atoms with E-state index < -0.39 is 77.2 Å². The molecule has 0 amide bonds. The van der Waals surface area contributed by atoms with Gasteiger partial charge in [0.05, 0.1) is 12.2 Å². The first-order chi connectivity index (χ1) is 16.0. The SMILES string of the molecule is CC(=O)OC[C@]1(O)[C@@H](O)CC[C@@]2(C)C[C@H](OC(C)=O)C3=C(C)C[C@H](OC(C)=O)[C@@H]([C@@H](O)[C@@H]21)C3(C)C. The Morgan fingerprint density at radius 3 is 2.14 bits per heavy atom.